The van der Waals surface area contributed by atoms with E-state index in [1.807, 2.05) is 38.2 Å². The second-order valence-electron chi connectivity index (χ2n) is 6.85. The van der Waals surface area contributed by atoms with E-state index in [2.05, 4.69) is 10.3 Å². The molecule has 0 bridgehead atoms. The van der Waals surface area contributed by atoms with Gasteiger partial charge in [-0.2, -0.15) is 0 Å². The number of nitrogens with zero attached hydrogens (tertiary/aromatic N) is 1. The van der Waals surface area contributed by atoms with Crippen molar-refractivity contribution in [3.63, 3.8) is 0 Å². The SMILES string of the molecule is CC(C)(CNC(=O)[C@H]1C[C@H]1c1cccnc1)c1cccc(F)c1. The van der Waals surface area contributed by atoms with Gasteiger partial charge in [0.2, 0.25) is 5.91 Å². The minimum Gasteiger partial charge on any atom is -0.355 e. The van der Waals surface area contributed by atoms with Crippen LogP contribution in [0, 0.1) is 11.7 Å². The standard InChI is InChI=1S/C19H21FN2O/c1-19(2,14-6-3-7-15(20)9-14)12-22-18(23)17-10-16(17)13-5-4-8-21-11-13/h3-9,11,16-17H,10,12H2,1-2H3,(H,22,23)/t16-,17-/m0/s1. The van der Waals surface area contributed by atoms with Crippen LogP contribution in [0.25, 0.3) is 0 Å². The van der Waals surface area contributed by atoms with E-state index in [9.17, 15) is 9.18 Å². The van der Waals surface area contributed by atoms with Crippen molar-refractivity contribution < 1.29 is 9.18 Å². The largest absolute Gasteiger partial charge is 0.355 e. The summed E-state index contributed by atoms with van der Waals surface area (Å²) in [6, 6.07) is 10.5. The second-order valence-corrected chi connectivity index (χ2v) is 6.85. The fourth-order valence-corrected chi connectivity index (χ4v) is 2.90. The summed E-state index contributed by atoms with van der Waals surface area (Å²) in [7, 11) is 0. The maximum absolute atomic E-state index is 13.4. The number of benzene rings is 1. The first kappa shape index (κ1) is 15.7. The van der Waals surface area contributed by atoms with Gasteiger partial charge in [0.25, 0.3) is 0 Å². The molecule has 1 aromatic carbocycles. The lowest BCUT2D eigenvalue weighted by Gasteiger charge is -2.25. The van der Waals surface area contributed by atoms with Crippen molar-refractivity contribution in [3.8, 4) is 0 Å². The van der Waals surface area contributed by atoms with Gasteiger partial charge in [0.15, 0.2) is 0 Å². The van der Waals surface area contributed by atoms with E-state index in [1.54, 1.807) is 12.3 Å². The number of carbonyl (C=O) groups is 1. The molecule has 0 aliphatic heterocycles. The third kappa shape index (κ3) is 3.58. The van der Waals surface area contributed by atoms with Crippen molar-refractivity contribution in [2.75, 3.05) is 6.54 Å². The summed E-state index contributed by atoms with van der Waals surface area (Å²) in [5, 5.41) is 3.02. The molecule has 4 heteroatoms. The number of hydrogen-bond donors (Lipinski definition) is 1. The van der Waals surface area contributed by atoms with Crippen LogP contribution in [0.5, 0.6) is 0 Å². The Morgan fingerprint density at radius 3 is 2.87 bits per heavy atom. The predicted molar refractivity (Wildman–Crippen MR) is 87.5 cm³/mol. The third-order valence-corrected chi connectivity index (χ3v) is 4.55. The summed E-state index contributed by atoms with van der Waals surface area (Å²) in [5.74, 6) is 0.132. The Morgan fingerprint density at radius 1 is 1.35 bits per heavy atom. The van der Waals surface area contributed by atoms with Gasteiger partial charge in [0.05, 0.1) is 0 Å². The normalized spacial score (nSPS) is 20.1. The number of pyridine rings is 1. The van der Waals surface area contributed by atoms with Crippen LogP contribution in [0.2, 0.25) is 0 Å². The zero-order chi connectivity index (χ0) is 16.4. The summed E-state index contributed by atoms with van der Waals surface area (Å²) >= 11 is 0. The minimum atomic E-state index is -0.309. The number of nitrogens with one attached hydrogen (secondary N) is 1. The van der Waals surface area contributed by atoms with E-state index >= 15 is 0 Å². The molecule has 0 spiro atoms. The first-order chi connectivity index (χ1) is 11.0. The first-order valence-corrected chi connectivity index (χ1v) is 7.91. The first-order valence-electron chi connectivity index (χ1n) is 7.91. The number of halogens is 1. The molecule has 1 aromatic heterocycles. The van der Waals surface area contributed by atoms with Crippen LogP contribution >= 0.6 is 0 Å². The summed E-state index contributed by atoms with van der Waals surface area (Å²) in [5.41, 5.74) is 1.70. The van der Waals surface area contributed by atoms with Gasteiger partial charge in [0, 0.05) is 30.3 Å². The Balaban J connectivity index is 1.57. The number of aromatic nitrogens is 1. The number of amides is 1. The summed E-state index contributed by atoms with van der Waals surface area (Å²) in [6.45, 7) is 4.51. The van der Waals surface area contributed by atoms with Crippen molar-refractivity contribution in [1.29, 1.82) is 0 Å². The van der Waals surface area contributed by atoms with E-state index in [1.165, 1.54) is 12.1 Å². The molecule has 1 N–H and O–H groups in total. The van der Waals surface area contributed by atoms with Gasteiger partial charge in [-0.15, -0.1) is 0 Å². The van der Waals surface area contributed by atoms with Crippen molar-refractivity contribution in [2.24, 2.45) is 5.92 Å². The average molecular weight is 312 g/mol. The van der Waals surface area contributed by atoms with Crippen LogP contribution in [0.3, 0.4) is 0 Å². The molecule has 120 valence electrons. The topological polar surface area (TPSA) is 42.0 Å². The number of rotatable bonds is 5. The van der Waals surface area contributed by atoms with Crippen LogP contribution in [-0.2, 0) is 10.2 Å². The minimum absolute atomic E-state index is 0.0301. The summed E-state index contributed by atoms with van der Waals surface area (Å²) < 4.78 is 13.4. The fraction of sp³-hybridized carbons (Fsp3) is 0.368. The Kier molecular flexibility index (Phi) is 4.16. The molecule has 3 rings (SSSR count). The summed E-state index contributed by atoms with van der Waals surface area (Å²) in [4.78, 5) is 16.4. The van der Waals surface area contributed by atoms with E-state index in [4.69, 9.17) is 0 Å². The van der Waals surface area contributed by atoms with Crippen molar-refractivity contribution in [3.05, 3.63) is 65.7 Å². The molecular weight excluding hydrogens is 291 g/mol. The van der Waals surface area contributed by atoms with Crippen LogP contribution in [0.4, 0.5) is 4.39 Å². The third-order valence-electron chi connectivity index (χ3n) is 4.55. The van der Waals surface area contributed by atoms with Gasteiger partial charge >= 0.3 is 0 Å². The fourth-order valence-electron chi connectivity index (χ4n) is 2.90. The quantitative estimate of drug-likeness (QED) is 0.919. The highest BCUT2D eigenvalue weighted by molar-refractivity contribution is 5.83. The van der Waals surface area contributed by atoms with E-state index in [-0.39, 0.29) is 29.0 Å². The molecule has 0 saturated heterocycles. The van der Waals surface area contributed by atoms with Crippen molar-refractivity contribution in [1.82, 2.24) is 10.3 Å². The average Bonchev–Trinajstić information content (AvgIpc) is 3.34. The van der Waals surface area contributed by atoms with Crippen molar-refractivity contribution in [2.45, 2.75) is 31.6 Å². The maximum atomic E-state index is 13.4. The number of hydrogen-bond acceptors (Lipinski definition) is 2. The van der Waals surface area contributed by atoms with Gasteiger partial charge in [-0.3, -0.25) is 9.78 Å². The van der Waals surface area contributed by atoms with Crippen molar-refractivity contribution >= 4 is 5.91 Å². The zero-order valence-electron chi connectivity index (χ0n) is 13.4. The predicted octanol–water partition coefficient (Wildman–Crippen LogP) is 3.42. The molecule has 1 heterocycles. The van der Waals surface area contributed by atoms with Gasteiger partial charge in [-0.1, -0.05) is 32.0 Å². The highest BCUT2D eigenvalue weighted by Gasteiger charge is 2.44. The Morgan fingerprint density at radius 2 is 2.17 bits per heavy atom. The molecule has 1 aliphatic carbocycles. The molecule has 1 saturated carbocycles. The molecule has 1 amide bonds. The molecule has 2 atom stereocenters. The molecule has 2 aromatic rings. The van der Waals surface area contributed by atoms with E-state index < -0.39 is 0 Å². The van der Waals surface area contributed by atoms with Crippen LogP contribution < -0.4 is 5.32 Å². The Bertz CT molecular complexity index is 700. The lowest BCUT2D eigenvalue weighted by atomic mass is 9.84. The van der Waals surface area contributed by atoms with Gasteiger partial charge in [-0.05, 0) is 41.7 Å². The van der Waals surface area contributed by atoms with Crippen LogP contribution in [0.1, 0.15) is 37.3 Å². The Hall–Kier alpha value is -2.23. The molecule has 0 radical (unpaired) electrons. The van der Waals surface area contributed by atoms with Crippen LogP contribution in [0.15, 0.2) is 48.8 Å². The monoisotopic (exact) mass is 312 g/mol. The molecular formula is C19H21FN2O. The van der Waals surface area contributed by atoms with Gasteiger partial charge < -0.3 is 5.32 Å². The van der Waals surface area contributed by atoms with Gasteiger partial charge in [0.1, 0.15) is 5.82 Å². The highest BCUT2D eigenvalue weighted by atomic mass is 19.1. The maximum Gasteiger partial charge on any atom is 0.223 e. The van der Waals surface area contributed by atoms with Gasteiger partial charge in [-0.25, -0.2) is 4.39 Å². The molecule has 1 fully saturated rings. The molecule has 23 heavy (non-hydrogen) atoms. The lowest BCUT2D eigenvalue weighted by molar-refractivity contribution is -0.122. The van der Waals surface area contributed by atoms with E-state index in [0.29, 0.717) is 6.54 Å². The summed E-state index contributed by atoms with van der Waals surface area (Å²) in [6.07, 6.45) is 4.44. The van der Waals surface area contributed by atoms with Crippen LogP contribution in [-0.4, -0.2) is 17.4 Å². The smallest absolute Gasteiger partial charge is 0.223 e. The zero-order valence-corrected chi connectivity index (χ0v) is 13.4. The lowest BCUT2D eigenvalue weighted by Crippen LogP contribution is -2.37. The number of carbonyl (C=O) groups excluding carboxylic acids is 1. The second kappa shape index (κ2) is 6.11. The van der Waals surface area contributed by atoms with E-state index in [0.717, 1.165) is 17.5 Å². The molecule has 3 nitrogen and oxygen atoms in total. The molecule has 1 aliphatic rings. The highest BCUT2D eigenvalue weighted by Crippen LogP contribution is 2.47. The molecule has 0 unspecified atom stereocenters. The Labute approximate surface area is 135 Å².